The summed E-state index contributed by atoms with van der Waals surface area (Å²) in [5, 5.41) is 4.24. The monoisotopic (exact) mass is 283 g/mol. The smallest absolute Gasteiger partial charge is 0.135 e. The average molecular weight is 284 g/mol. The Hall–Kier alpha value is -0.960. The van der Waals surface area contributed by atoms with Crippen LogP contribution in [0.1, 0.15) is 12.7 Å². The molecule has 1 aromatic carbocycles. The lowest BCUT2D eigenvalue weighted by Crippen LogP contribution is -2.23. The minimum atomic E-state index is 0.374. The van der Waals surface area contributed by atoms with Crippen LogP contribution in [-0.2, 0) is 6.42 Å². The maximum Gasteiger partial charge on any atom is 0.135 e. The van der Waals surface area contributed by atoms with Crippen LogP contribution < -0.4 is 5.32 Å². The van der Waals surface area contributed by atoms with Crippen LogP contribution in [0.5, 0.6) is 0 Å². The molecule has 96 valence electrons. The van der Waals surface area contributed by atoms with Gasteiger partial charge in [0.15, 0.2) is 0 Å². The predicted molar refractivity (Wildman–Crippen MR) is 76.4 cm³/mol. The molecule has 0 amide bonds. The standard InChI is InChI=1S/C14H15Cl2NO/c1-9(17-2)8-10-6-7-13(18-10)11-4-3-5-12(15)14(11)16/h3-7,9,17H,8H2,1-2H3. The minimum Gasteiger partial charge on any atom is -0.461 e. The largest absolute Gasteiger partial charge is 0.461 e. The maximum absolute atomic E-state index is 6.17. The van der Waals surface area contributed by atoms with Gasteiger partial charge in [0, 0.05) is 18.0 Å². The predicted octanol–water partition coefficient (Wildman–Crippen LogP) is 4.40. The molecule has 0 bridgehead atoms. The summed E-state index contributed by atoms with van der Waals surface area (Å²) in [6.45, 7) is 2.11. The molecule has 18 heavy (non-hydrogen) atoms. The van der Waals surface area contributed by atoms with Crippen molar-refractivity contribution in [1.82, 2.24) is 5.32 Å². The van der Waals surface area contributed by atoms with Crippen molar-refractivity contribution in [3.05, 3.63) is 46.1 Å². The number of benzene rings is 1. The number of rotatable bonds is 4. The Bertz CT molecular complexity index is 536. The van der Waals surface area contributed by atoms with E-state index in [9.17, 15) is 0 Å². The summed E-state index contributed by atoms with van der Waals surface area (Å²) in [7, 11) is 1.93. The lowest BCUT2D eigenvalue weighted by Gasteiger charge is -2.07. The van der Waals surface area contributed by atoms with Crippen molar-refractivity contribution >= 4 is 23.2 Å². The highest BCUT2D eigenvalue weighted by molar-refractivity contribution is 6.43. The molecule has 0 spiro atoms. The first-order chi connectivity index (χ1) is 8.61. The van der Waals surface area contributed by atoms with Crippen molar-refractivity contribution in [2.45, 2.75) is 19.4 Å². The van der Waals surface area contributed by atoms with Gasteiger partial charge in [-0.25, -0.2) is 0 Å². The lowest BCUT2D eigenvalue weighted by atomic mass is 10.2. The quantitative estimate of drug-likeness (QED) is 0.900. The van der Waals surface area contributed by atoms with Crippen molar-refractivity contribution in [1.29, 1.82) is 0 Å². The summed E-state index contributed by atoms with van der Waals surface area (Å²) in [4.78, 5) is 0. The number of nitrogens with one attached hydrogen (secondary N) is 1. The molecule has 2 aromatic rings. The van der Waals surface area contributed by atoms with Crippen molar-refractivity contribution in [3.8, 4) is 11.3 Å². The molecule has 1 unspecified atom stereocenters. The highest BCUT2D eigenvalue weighted by Gasteiger charge is 2.11. The lowest BCUT2D eigenvalue weighted by molar-refractivity contribution is 0.481. The molecular weight excluding hydrogens is 269 g/mol. The zero-order chi connectivity index (χ0) is 13.1. The van der Waals surface area contributed by atoms with Gasteiger partial charge in [0.1, 0.15) is 11.5 Å². The van der Waals surface area contributed by atoms with Gasteiger partial charge >= 0.3 is 0 Å². The van der Waals surface area contributed by atoms with Gasteiger partial charge in [-0.1, -0.05) is 29.3 Å². The van der Waals surface area contributed by atoms with Crippen molar-refractivity contribution in [3.63, 3.8) is 0 Å². The molecule has 1 heterocycles. The van der Waals surface area contributed by atoms with E-state index in [2.05, 4.69) is 12.2 Å². The molecule has 0 aliphatic rings. The second-order valence-corrected chi connectivity index (χ2v) is 5.05. The molecular formula is C14H15Cl2NO. The molecule has 0 saturated heterocycles. The summed E-state index contributed by atoms with van der Waals surface area (Å²) in [5.41, 5.74) is 0.826. The second-order valence-electron chi connectivity index (χ2n) is 4.26. The first kappa shape index (κ1) is 13.5. The minimum absolute atomic E-state index is 0.374. The van der Waals surface area contributed by atoms with Crippen LogP contribution in [0, 0.1) is 0 Å². The molecule has 1 aromatic heterocycles. The normalized spacial score (nSPS) is 12.7. The Morgan fingerprint density at radius 1 is 1.22 bits per heavy atom. The van der Waals surface area contributed by atoms with Gasteiger partial charge < -0.3 is 9.73 Å². The number of furan rings is 1. The van der Waals surface area contributed by atoms with E-state index in [1.165, 1.54) is 0 Å². The van der Waals surface area contributed by atoms with E-state index in [0.717, 1.165) is 23.5 Å². The van der Waals surface area contributed by atoms with Crippen LogP contribution in [0.4, 0.5) is 0 Å². The molecule has 0 aliphatic carbocycles. The second kappa shape index (κ2) is 5.79. The van der Waals surface area contributed by atoms with Gasteiger partial charge in [-0.3, -0.25) is 0 Å². The van der Waals surface area contributed by atoms with Crippen LogP contribution >= 0.6 is 23.2 Å². The van der Waals surface area contributed by atoms with Crippen molar-refractivity contribution < 1.29 is 4.42 Å². The highest BCUT2D eigenvalue weighted by atomic mass is 35.5. The van der Waals surface area contributed by atoms with E-state index in [0.29, 0.717) is 16.1 Å². The number of likely N-dealkylation sites (N-methyl/N-ethyl adjacent to an activating group) is 1. The van der Waals surface area contributed by atoms with Gasteiger partial charge in [-0.05, 0) is 38.2 Å². The zero-order valence-corrected chi connectivity index (χ0v) is 11.8. The van der Waals surface area contributed by atoms with Crippen LogP contribution in [0.3, 0.4) is 0 Å². The molecule has 0 radical (unpaired) electrons. The Morgan fingerprint density at radius 3 is 2.72 bits per heavy atom. The van der Waals surface area contributed by atoms with E-state index in [-0.39, 0.29) is 0 Å². The van der Waals surface area contributed by atoms with Gasteiger partial charge in [0.2, 0.25) is 0 Å². The summed E-state index contributed by atoms with van der Waals surface area (Å²) < 4.78 is 5.79. The van der Waals surface area contributed by atoms with Gasteiger partial charge in [0.05, 0.1) is 10.0 Å². The first-order valence-corrected chi connectivity index (χ1v) is 6.57. The molecule has 0 fully saturated rings. The molecule has 0 aliphatic heterocycles. The molecule has 0 saturated carbocycles. The van der Waals surface area contributed by atoms with Gasteiger partial charge in [0.25, 0.3) is 0 Å². The fourth-order valence-corrected chi connectivity index (χ4v) is 2.12. The number of hydrogen-bond acceptors (Lipinski definition) is 2. The van der Waals surface area contributed by atoms with Gasteiger partial charge in [-0.2, -0.15) is 0 Å². The number of halogens is 2. The summed E-state index contributed by atoms with van der Waals surface area (Å²) in [6, 6.07) is 9.80. The Kier molecular flexibility index (Phi) is 4.33. The molecule has 4 heteroatoms. The topological polar surface area (TPSA) is 25.2 Å². The third-order valence-corrected chi connectivity index (χ3v) is 3.70. The van der Waals surface area contributed by atoms with E-state index in [1.54, 1.807) is 6.07 Å². The van der Waals surface area contributed by atoms with Crippen molar-refractivity contribution in [2.24, 2.45) is 0 Å². The van der Waals surface area contributed by atoms with E-state index < -0.39 is 0 Å². The summed E-state index contributed by atoms with van der Waals surface area (Å²) in [5.74, 6) is 1.68. The molecule has 1 atom stereocenters. The average Bonchev–Trinajstić information content (AvgIpc) is 2.80. The van der Waals surface area contributed by atoms with Crippen molar-refractivity contribution in [2.75, 3.05) is 7.05 Å². The maximum atomic E-state index is 6.17. The fourth-order valence-electron chi connectivity index (χ4n) is 1.73. The SMILES string of the molecule is CNC(C)Cc1ccc(-c2cccc(Cl)c2Cl)o1. The van der Waals surface area contributed by atoms with E-state index in [4.69, 9.17) is 27.6 Å². The van der Waals surface area contributed by atoms with Crippen LogP contribution in [-0.4, -0.2) is 13.1 Å². The Labute approximate surface area is 117 Å². The molecule has 2 nitrogen and oxygen atoms in total. The highest BCUT2D eigenvalue weighted by Crippen LogP contribution is 2.34. The van der Waals surface area contributed by atoms with Gasteiger partial charge in [-0.15, -0.1) is 0 Å². The number of hydrogen-bond donors (Lipinski definition) is 1. The first-order valence-electron chi connectivity index (χ1n) is 5.82. The molecule has 1 N–H and O–H groups in total. The summed E-state index contributed by atoms with van der Waals surface area (Å²) in [6.07, 6.45) is 0.842. The van der Waals surface area contributed by atoms with Crippen LogP contribution in [0.2, 0.25) is 10.0 Å². The molecule has 2 rings (SSSR count). The third kappa shape index (κ3) is 2.89. The fraction of sp³-hybridized carbons (Fsp3) is 0.286. The van der Waals surface area contributed by atoms with Crippen LogP contribution in [0.25, 0.3) is 11.3 Å². The van der Waals surface area contributed by atoms with Crippen LogP contribution in [0.15, 0.2) is 34.7 Å². The van der Waals surface area contributed by atoms with E-state index in [1.807, 2.05) is 31.3 Å². The zero-order valence-electron chi connectivity index (χ0n) is 10.3. The Balaban J connectivity index is 2.27. The Morgan fingerprint density at radius 2 is 2.00 bits per heavy atom. The summed E-state index contributed by atoms with van der Waals surface area (Å²) >= 11 is 12.2. The van der Waals surface area contributed by atoms with E-state index >= 15 is 0 Å². The third-order valence-electron chi connectivity index (χ3n) is 2.88.